The van der Waals surface area contributed by atoms with Gasteiger partial charge in [-0.3, -0.25) is 0 Å². The first-order valence-electron chi connectivity index (χ1n) is 5.80. The van der Waals surface area contributed by atoms with Crippen LogP contribution < -0.4 is 4.72 Å². The third kappa shape index (κ3) is 3.46. The summed E-state index contributed by atoms with van der Waals surface area (Å²) in [5.41, 5.74) is 1.14. The fraction of sp³-hybridized carbons (Fsp3) is 0.231. The van der Waals surface area contributed by atoms with E-state index < -0.39 is 15.8 Å². The van der Waals surface area contributed by atoms with Crippen molar-refractivity contribution in [1.82, 2.24) is 4.72 Å². The van der Waals surface area contributed by atoms with Crippen LogP contribution >= 0.6 is 27.3 Å². The molecule has 3 nitrogen and oxygen atoms in total. The average Bonchev–Trinajstić information content (AvgIpc) is 2.70. The molecule has 1 aromatic carbocycles. The van der Waals surface area contributed by atoms with Gasteiger partial charge in [0.15, 0.2) is 0 Å². The molecule has 0 unspecified atom stereocenters. The fourth-order valence-corrected chi connectivity index (χ4v) is 3.98. The van der Waals surface area contributed by atoms with E-state index in [0.717, 1.165) is 21.4 Å². The Bertz CT molecular complexity index is 721. The lowest BCUT2D eigenvalue weighted by molar-refractivity contribution is 0.577. The molecule has 0 saturated carbocycles. The number of thiophene rings is 1. The third-order valence-electron chi connectivity index (χ3n) is 2.85. The van der Waals surface area contributed by atoms with Gasteiger partial charge in [-0.2, -0.15) is 0 Å². The van der Waals surface area contributed by atoms with Crippen LogP contribution in [0.5, 0.6) is 0 Å². The Labute approximate surface area is 130 Å². The number of halogens is 2. The highest BCUT2D eigenvalue weighted by molar-refractivity contribution is 9.10. The van der Waals surface area contributed by atoms with Crippen molar-refractivity contribution in [2.24, 2.45) is 0 Å². The molecule has 7 heteroatoms. The summed E-state index contributed by atoms with van der Waals surface area (Å²) in [4.78, 5) is 2.01. The summed E-state index contributed by atoms with van der Waals surface area (Å²) in [5, 5.41) is 0. The highest BCUT2D eigenvalue weighted by Crippen LogP contribution is 2.22. The van der Waals surface area contributed by atoms with Crippen LogP contribution in [-0.2, 0) is 16.6 Å². The molecule has 0 amide bonds. The van der Waals surface area contributed by atoms with Crippen LogP contribution in [-0.4, -0.2) is 8.42 Å². The largest absolute Gasteiger partial charge is 0.241 e. The lowest BCUT2D eigenvalue weighted by atomic mass is 10.3. The van der Waals surface area contributed by atoms with Gasteiger partial charge in [0.25, 0.3) is 0 Å². The Morgan fingerprint density at radius 3 is 2.55 bits per heavy atom. The Morgan fingerprint density at radius 2 is 2.00 bits per heavy atom. The van der Waals surface area contributed by atoms with Crippen LogP contribution in [0.25, 0.3) is 0 Å². The minimum Gasteiger partial charge on any atom is -0.207 e. The number of benzene rings is 1. The molecule has 0 saturated heterocycles. The zero-order valence-electron chi connectivity index (χ0n) is 10.9. The summed E-state index contributed by atoms with van der Waals surface area (Å²) < 4.78 is 40.3. The maximum Gasteiger partial charge on any atom is 0.241 e. The van der Waals surface area contributed by atoms with E-state index >= 15 is 0 Å². The Hall–Kier alpha value is -0.760. The standard InChI is InChI=1S/C13H13BrFNO2S2/c1-8-5-10(19-9(8)2)7-16-20(17,18)11-3-4-12(14)13(15)6-11/h3-6,16H,7H2,1-2H3. The molecule has 20 heavy (non-hydrogen) atoms. The lowest BCUT2D eigenvalue weighted by Gasteiger charge is -2.06. The topological polar surface area (TPSA) is 46.2 Å². The van der Waals surface area contributed by atoms with Gasteiger partial charge in [-0.1, -0.05) is 0 Å². The van der Waals surface area contributed by atoms with Crippen molar-refractivity contribution in [2.75, 3.05) is 0 Å². The quantitative estimate of drug-likeness (QED) is 0.881. The summed E-state index contributed by atoms with van der Waals surface area (Å²) >= 11 is 4.54. The molecule has 0 spiro atoms. The number of hydrogen-bond acceptors (Lipinski definition) is 3. The third-order valence-corrected chi connectivity index (χ3v) is 6.05. The van der Waals surface area contributed by atoms with E-state index in [4.69, 9.17) is 0 Å². The van der Waals surface area contributed by atoms with Gasteiger partial charge in [-0.25, -0.2) is 17.5 Å². The zero-order valence-corrected chi connectivity index (χ0v) is 14.1. The molecular weight excluding hydrogens is 365 g/mol. The molecule has 0 atom stereocenters. The van der Waals surface area contributed by atoms with Crippen LogP contribution in [0.2, 0.25) is 0 Å². The first-order chi connectivity index (χ1) is 9.29. The molecule has 0 aliphatic carbocycles. The van der Waals surface area contributed by atoms with Crippen LogP contribution in [0.4, 0.5) is 4.39 Å². The molecule has 0 fully saturated rings. The number of hydrogen-bond donors (Lipinski definition) is 1. The zero-order chi connectivity index (χ0) is 14.9. The smallest absolute Gasteiger partial charge is 0.207 e. The minimum absolute atomic E-state index is 0.0804. The van der Waals surface area contributed by atoms with E-state index in [1.54, 1.807) is 11.3 Å². The summed E-state index contributed by atoms with van der Waals surface area (Å²) in [5.74, 6) is -0.601. The van der Waals surface area contributed by atoms with Gasteiger partial charge in [0.2, 0.25) is 10.0 Å². The van der Waals surface area contributed by atoms with Crippen molar-refractivity contribution in [2.45, 2.75) is 25.3 Å². The Morgan fingerprint density at radius 1 is 1.30 bits per heavy atom. The Kier molecular flexibility index (Phi) is 4.63. The molecule has 1 aromatic heterocycles. The number of rotatable bonds is 4. The van der Waals surface area contributed by atoms with Gasteiger partial charge in [0.05, 0.1) is 9.37 Å². The van der Waals surface area contributed by atoms with Gasteiger partial charge >= 0.3 is 0 Å². The second-order valence-corrected chi connectivity index (χ2v) is 8.31. The predicted octanol–water partition coefficient (Wildman–Crippen LogP) is 3.75. The van der Waals surface area contributed by atoms with Gasteiger partial charge < -0.3 is 0 Å². The van der Waals surface area contributed by atoms with Crippen molar-refractivity contribution < 1.29 is 12.8 Å². The maximum absolute atomic E-state index is 13.4. The number of sulfonamides is 1. The molecule has 2 aromatic rings. The average molecular weight is 378 g/mol. The SMILES string of the molecule is Cc1cc(CNS(=O)(=O)c2ccc(Br)c(F)c2)sc1C. The van der Waals surface area contributed by atoms with Crippen molar-refractivity contribution in [1.29, 1.82) is 0 Å². The van der Waals surface area contributed by atoms with Crippen molar-refractivity contribution >= 4 is 37.3 Å². The van der Waals surface area contributed by atoms with Crippen molar-refractivity contribution in [3.05, 3.63) is 49.9 Å². The predicted molar refractivity (Wildman–Crippen MR) is 81.9 cm³/mol. The van der Waals surface area contributed by atoms with Crippen LogP contribution in [0.15, 0.2) is 33.6 Å². The van der Waals surface area contributed by atoms with Crippen LogP contribution in [0.1, 0.15) is 15.3 Å². The summed E-state index contributed by atoms with van der Waals surface area (Å²) in [6, 6.07) is 5.69. The van der Waals surface area contributed by atoms with E-state index in [1.807, 2.05) is 19.9 Å². The molecule has 0 bridgehead atoms. The highest BCUT2D eigenvalue weighted by atomic mass is 79.9. The van der Waals surface area contributed by atoms with E-state index in [2.05, 4.69) is 20.7 Å². The van der Waals surface area contributed by atoms with Gasteiger partial charge in [-0.15, -0.1) is 11.3 Å². The van der Waals surface area contributed by atoms with E-state index in [-0.39, 0.29) is 15.9 Å². The van der Waals surface area contributed by atoms with Gasteiger partial charge in [0, 0.05) is 16.3 Å². The molecule has 1 N–H and O–H groups in total. The van der Waals surface area contributed by atoms with Gasteiger partial charge in [-0.05, 0) is 59.6 Å². The van der Waals surface area contributed by atoms with Crippen LogP contribution in [0.3, 0.4) is 0 Å². The summed E-state index contributed by atoms with van der Waals surface area (Å²) in [6.45, 7) is 4.18. The number of nitrogens with one attached hydrogen (secondary N) is 1. The first kappa shape index (κ1) is 15.6. The second-order valence-electron chi connectivity index (χ2n) is 4.35. The molecule has 0 aliphatic rings. The maximum atomic E-state index is 13.4. The second kappa shape index (κ2) is 5.93. The van der Waals surface area contributed by atoms with E-state index in [1.165, 1.54) is 12.1 Å². The fourth-order valence-electron chi connectivity index (χ4n) is 1.63. The molecular formula is C13H13BrFNO2S2. The number of aryl methyl sites for hydroxylation is 2. The van der Waals surface area contributed by atoms with Crippen molar-refractivity contribution in [3.63, 3.8) is 0 Å². The Balaban J connectivity index is 2.16. The summed E-state index contributed by atoms with van der Waals surface area (Å²) in [6.07, 6.45) is 0. The monoisotopic (exact) mass is 377 g/mol. The van der Waals surface area contributed by atoms with E-state index in [9.17, 15) is 12.8 Å². The molecule has 0 aliphatic heterocycles. The normalized spacial score (nSPS) is 11.8. The highest BCUT2D eigenvalue weighted by Gasteiger charge is 2.16. The molecule has 0 radical (unpaired) electrons. The summed E-state index contributed by atoms with van der Waals surface area (Å²) in [7, 11) is -3.71. The lowest BCUT2D eigenvalue weighted by Crippen LogP contribution is -2.22. The van der Waals surface area contributed by atoms with Crippen LogP contribution in [0, 0.1) is 19.7 Å². The van der Waals surface area contributed by atoms with Crippen molar-refractivity contribution in [3.8, 4) is 0 Å². The van der Waals surface area contributed by atoms with Gasteiger partial charge in [0.1, 0.15) is 5.82 Å². The molecule has 2 rings (SSSR count). The first-order valence-corrected chi connectivity index (χ1v) is 8.89. The molecule has 1 heterocycles. The molecule has 108 valence electrons. The minimum atomic E-state index is -3.71. The van der Waals surface area contributed by atoms with E-state index in [0.29, 0.717) is 0 Å².